The molecule has 0 atom stereocenters. The number of aromatic nitrogens is 1. The third-order valence-electron chi connectivity index (χ3n) is 3.46. The van der Waals surface area contributed by atoms with Crippen LogP contribution in [0.15, 0.2) is 54.7 Å². The van der Waals surface area contributed by atoms with Crippen molar-refractivity contribution >= 4 is 16.9 Å². The molecule has 0 N–H and O–H groups in total. The van der Waals surface area contributed by atoms with Crippen molar-refractivity contribution < 1.29 is 13.9 Å². The van der Waals surface area contributed by atoms with Crippen molar-refractivity contribution in [3.8, 4) is 0 Å². The molecule has 0 amide bonds. The summed E-state index contributed by atoms with van der Waals surface area (Å²) >= 11 is 0. The van der Waals surface area contributed by atoms with Gasteiger partial charge >= 0.3 is 5.97 Å². The maximum absolute atomic E-state index is 13.9. The van der Waals surface area contributed by atoms with E-state index < -0.39 is 11.8 Å². The fourth-order valence-corrected chi connectivity index (χ4v) is 2.39. The van der Waals surface area contributed by atoms with Crippen molar-refractivity contribution in [1.29, 1.82) is 0 Å². The summed E-state index contributed by atoms with van der Waals surface area (Å²) in [5.41, 5.74) is 1.90. The van der Waals surface area contributed by atoms with Gasteiger partial charge in [0.1, 0.15) is 5.82 Å². The van der Waals surface area contributed by atoms with E-state index in [0.717, 1.165) is 16.5 Å². The minimum absolute atomic E-state index is 0.0435. The minimum atomic E-state index is -0.665. The molecule has 0 unspecified atom stereocenters. The first-order valence-electron chi connectivity index (χ1n) is 6.59. The van der Waals surface area contributed by atoms with Crippen molar-refractivity contribution in [2.45, 2.75) is 6.54 Å². The Morgan fingerprint density at radius 1 is 1.19 bits per heavy atom. The highest BCUT2D eigenvalue weighted by Crippen LogP contribution is 2.22. The zero-order chi connectivity index (χ0) is 14.8. The van der Waals surface area contributed by atoms with Gasteiger partial charge in [0, 0.05) is 23.6 Å². The van der Waals surface area contributed by atoms with Crippen LogP contribution in [0.1, 0.15) is 15.9 Å². The first kappa shape index (κ1) is 13.4. The van der Waals surface area contributed by atoms with Crippen LogP contribution in [-0.4, -0.2) is 17.6 Å². The molecule has 0 aliphatic rings. The van der Waals surface area contributed by atoms with Gasteiger partial charge in [0.05, 0.1) is 12.7 Å². The fraction of sp³-hybridized carbons (Fsp3) is 0.118. The van der Waals surface area contributed by atoms with E-state index in [9.17, 15) is 9.18 Å². The van der Waals surface area contributed by atoms with Crippen LogP contribution in [0.3, 0.4) is 0 Å². The quantitative estimate of drug-likeness (QED) is 0.687. The average molecular weight is 283 g/mol. The summed E-state index contributed by atoms with van der Waals surface area (Å²) in [4.78, 5) is 11.6. The molecule has 2 aromatic carbocycles. The molecule has 3 aromatic rings. The van der Waals surface area contributed by atoms with E-state index in [1.165, 1.54) is 13.2 Å². The standard InChI is InChI=1S/C17H14FNO2/c1-21-17(20)14-10-16-13(9-15(14)18)7-8-19(16)11-12-5-3-2-4-6-12/h2-10H,11H2,1H3. The monoisotopic (exact) mass is 283 g/mol. The van der Waals surface area contributed by atoms with E-state index in [4.69, 9.17) is 0 Å². The molecule has 0 spiro atoms. The number of hydrogen-bond acceptors (Lipinski definition) is 2. The largest absolute Gasteiger partial charge is 0.465 e. The number of carbonyl (C=O) groups is 1. The Bertz CT molecular complexity index is 793. The Labute approximate surface area is 121 Å². The molecule has 4 heteroatoms. The van der Waals surface area contributed by atoms with Crippen molar-refractivity contribution in [3.05, 3.63) is 71.7 Å². The van der Waals surface area contributed by atoms with Crippen molar-refractivity contribution in [1.82, 2.24) is 4.57 Å². The third-order valence-corrected chi connectivity index (χ3v) is 3.46. The van der Waals surface area contributed by atoms with Crippen LogP contribution in [0.25, 0.3) is 10.9 Å². The molecule has 0 aliphatic carbocycles. The first-order chi connectivity index (χ1) is 10.2. The number of ether oxygens (including phenoxy) is 1. The molecular formula is C17H14FNO2. The topological polar surface area (TPSA) is 31.2 Å². The fourth-order valence-electron chi connectivity index (χ4n) is 2.39. The second kappa shape index (κ2) is 5.40. The van der Waals surface area contributed by atoms with Crippen LogP contribution in [0.4, 0.5) is 4.39 Å². The molecule has 0 saturated carbocycles. The van der Waals surface area contributed by atoms with E-state index in [2.05, 4.69) is 4.74 Å². The van der Waals surface area contributed by atoms with Crippen LogP contribution >= 0.6 is 0 Å². The van der Waals surface area contributed by atoms with E-state index in [1.807, 2.05) is 47.2 Å². The predicted octanol–water partition coefficient (Wildman–Crippen LogP) is 3.62. The molecule has 0 fully saturated rings. The lowest BCUT2D eigenvalue weighted by atomic mass is 10.1. The molecule has 0 bridgehead atoms. The Kier molecular flexibility index (Phi) is 3.44. The molecule has 21 heavy (non-hydrogen) atoms. The predicted molar refractivity (Wildman–Crippen MR) is 78.8 cm³/mol. The SMILES string of the molecule is COC(=O)c1cc2c(ccn2Cc2ccccc2)cc1F. The van der Waals surface area contributed by atoms with E-state index in [-0.39, 0.29) is 5.56 Å². The van der Waals surface area contributed by atoms with E-state index in [0.29, 0.717) is 6.54 Å². The average Bonchev–Trinajstić information content (AvgIpc) is 2.88. The molecule has 0 aliphatic heterocycles. The number of nitrogens with zero attached hydrogens (tertiary/aromatic N) is 1. The highest BCUT2D eigenvalue weighted by Gasteiger charge is 2.15. The zero-order valence-corrected chi connectivity index (χ0v) is 11.5. The number of esters is 1. The molecular weight excluding hydrogens is 269 g/mol. The summed E-state index contributed by atoms with van der Waals surface area (Å²) in [6.07, 6.45) is 1.89. The third kappa shape index (κ3) is 2.52. The lowest BCUT2D eigenvalue weighted by molar-refractivity contribution is 0.0595. The van der Waals surface area contributed by atoms with Crippen LogP contribution in [0.5, 0.6) is 0 Å². The Balaban J connectivity index is 2.06. The van der Waals surface area contributed by atoms with Gasteiger partial charge in [0.25, 0.3) is 0 Å². The van der Waals surface area contributed by atoms with Gasteiger partial charge in [-0.1, -0.05) is 30.3 Å². The number of hydrogen-bond donors (Lipinski definition) is 0. The van der Waals surface area contributed by atoms with Gasteiger partial charge in [0.2, 0.25) is 0 Å². The van der Waals surface area contributed by atoms with E-state index in [1.54, 1.807) is 6.07 Å². The summed E-state index contributed by atoms with van der Waals surface area (Å²) in [6, 6.07) is 14.7. The van der Waals surface area contributed by atoms with Gasteiger partial charge in [-0.2, -0.15) is 0 Å². The minimum Gasteiger partial charge on any atom is -0.465 e. The van der Waals surface area contributed by atoms with Crippen molar-refractivity contribution in [2.75, 3.05) is 7.11 Å². The second-order valence-corrected chi connectivity index (χ2v) is 4.81. The van der Waals surface area contributed by atoms with Crippen LogP contribution < -0.4 is 0 Å². The number of halogens is 1. The summed E-state index contributed by atoms with van der Waals surface area (Å²) in [7, 11) is 1.25. The van der Waals surface area contributed by atoms with Gasteiger partial charge in [-0.25, -0.2) is 9.18 Å². The lowest BCUT2D eigenvalue weighted by Gasteiger charge is -2.07. The number of benzene rings is 2. The summed E-state index contributed by atoms with van der Waals surface area (Å²) in [5, 5.41) is 0.760. The van der Waals surface area contributed by atoms with Crippen LogP contribution in [0, 0.1) is 5.82 Å². The van der Waals surface area contributed by atoms with Crippen LogP contribution in [0.2, 0.25) is 0 Å². The smallest absolute Gasteiger partial charge is 0.340 e. The molecule has 3 rings (SSSR count). The lowest BCUT2D eigenvalue weighted by Crippen LogP contribution is -2.05. The Hall–Kier alpha value is -2.62. The summed E-state index contributed by atoms with van der Waals surface area (Å²) in [5.74, 6) is -1.23. The number of rotatable bonds is 3. The van der Waals surface area contributed by atoms with Crippen molar-refractivity contribution in [2.24, 2.45) is 0 Å². The highest BCUT2D eigenvalue weighted by molar-refractivity contribution is 5.95. The highest BCUT2D eigenvalue weighted by atomic mass is 19.1. The molecule has 106 valence electrons. The number of fused-ring (bicyclic) bond motifs is 1. The van der Waals surface area contributed by atoms with E-state index >= 15 is 0 Å². The zero-order valence-electron chi connectivity index (χ0n) is 11.5. The first-order valence-corrected chi connectivity index (χ1v) is 6.59. The molecule has 1 aromatic heterocycles. The van der Waals surface area contributed by atoms with Gasteiger partial charge in [0.15, 0.2) is 0 Å². The summed E-state index contributed by atoms with van der Waals surface area (Å²) < 4.78 is 20.5. The van der Waals surface area contributed by atoms with Gasteiger partial charge in [-0.15, -0.1) is 0 Å². The van der Waals surface area contributed by atoms with Crippen LogP contribution in [-0.2, 0) is 11.3 Å². The second-order valence-electron chi connectivity index (χ2n) is 4.81. The molecule has 0 saturated heterocycles. The van der Waals surface area contributed by atoms with Crippen molar-refractivity contribution in [3.63, 3.8) is 0 Å². The maximum atomic E-state index is 13.9. The maximum Gasteiger partial charge on any atom is 0.340 e. The normalized spacial score (nSPS) is 10.8. The van der Waals surface area contributed by atoms with Gasteiger partial charge < -0.3 is 9.30 Å². The molecule has 0 radical (unpaired) electrons. The molecule has 1 heterocycles. The Morgan fingerprint density at radius 3 is 2.67 bits per heavy atom. The number of carbonyl (C=O) groups excluding carboxylic acids is 1. The van der Waals surface area contributed by atoms with Gasteiger partial charge in [-0.05, 0) is 23.8 Å². The Morgan fingerprint density at radius 2 is 1.95 bits per heavy atom. The number of methoxy groups -OCH3 is 1. The van der Waals surface area contributed by atoms with Gasteiger partial charge in [-0.3, -0.25) is 0 Å². The summed E-state index contributed by atoms with van der Waals surface area (Å²) in [6.45, 7) is 0.663. The molecule has 3 nitrogen and oxygen atoms in total.